The molecule has 0 aliphatic rings. The quantitative estimate of drug-likeness (QED) is 0.882. The van der Waals surface area contributed by atoms with Gasteiger partial charge in [0.05, 0.1) is 30.1 Å². The fraction of sp³-hybridized carbons (Fsp3) is 0.400. The van der Waals surface area contributed by atoms with Crippen molar-refractivity contribution in [3.8, 4) is 5.75 Å². The number of methoxy groups -OCH3 is 1. The van der Waals surface area contributed by atoms with Gasteiger partial charge in [0.15, 0.2) is 0 Å². The average molecular weight is 294 g/mol. The summed E-state index contributed by atoms with van der Waals surface area (Å²) in [5.41, 5.74) is 2.98. The average Bonchev–Trinajstić information content (AvgIpc) is 2.81. The van der Waals surface area contributed by atoms with Gasteiger partial charge in [0.2, 0.25) is 0 Å². The second-order valence-electron chi connectivity index (χ2n) is 4.46. The van der Waals surface area contributed by atoms with Crippen LogP contribution in [0.3, 0.4) is 0 Å². The maximum atomic E-state index is 6.39. The van der Waals surface area contributed by atoms with Crippen molar-refractivity contribution in [1.82, 2.24) is 9.78 Å². The molecule has 0 bridgehead atoms. The molecule has 5 heteroatoms. The molecule has 0 fully saturated rings. The molecule has 0 amide bonds. The number of anilines is 1. The Balaban J connectivity index is 2.15. The van der Waals surface area contributed by atoms with Crippen molar-refractivity contribution in [1.29, 1.82) is 0 Å². The van der Waals surface area contributed by atoms with Gasteiger partial charge < -0.3 is 10.1 Å². The highest BCUT2D eigenvalue weighted by Crippen LogP contribution is 2.23. The summed E-state index contributed by atoms with van der Waals surface area (Å²) in [6.07, 6.45) is 0.845. The first-order valence-electron chi connectivity index (χ1n) is 6.81. The third-order valence-electron chi connectivity index (χ3n) is 3.22. The molecule has 0 aliphatic heterocycles. The Hall–Kier alpha value is -1.68. The summed E-state index contributed by atoms with van der Waals surface area (Å²) in [6, 6.07) is 7.84. The van der Waals surface area contributed by atoms with E-state index in [1.807, 2.05) is 28.9 Å². The van der Waals surface area contributed by atoms with Crippen molar-refractivity contribution in [2.45, 2.75) is 33.4 Å². The van der Waals surface area contributed by atoms with Crippen LogP contribution >= 0.6 is 11.6 Å². The Morgan fingerprint density at radius 2 is 2.15 bits per heavy atom. The highest BCUT2D eigenvalue weighted by atomic mass is 35.5. The van der Waals surface area contributed by atoms with Crippen LogP contribution in [0.4, 0.5) is 5.69 Å². The van der Waals surface area contributed by atoms with Crippen LogP contribution in [0.25, 0.3) is 0 Å². The van der Waals surface area contributed by atoms with Crippen LogP contribution in [0.15, 0.2) is 24.3 Å². The molecule has 2 aromatic rings. The fourth-order valence-electron chi connectivity index (χ4n) is 2.10. The van der Waals surface area contributed by atoms with Gasteiger partial charge in [0.1, 0.15) is 5.75 Å². The number of halogens is 1. The van der Waals surface area contributed by atoms with Gasteiger partial charge in [-0.1, -0.05) is 24.6 Å². The lowest BCUT2D eigenvalue weighted by Gasteiger charge is -2.09. The van der Waals surface area contributed by atoms with Gasteiger partial charge in [0, 0.05) is 18.3 Å². The highest BCUT2D eigenvalue weighted by molar-refractivity contribution is 6.31. The Bertz CT molecular complexity index is 580. The summed E-state index contributed by atoms with van der Waals surface area (Å²) < 4.78 is 7.17. The van der Waals surface area contributed by atoms with E-state index in [-0.39, 0.29) is 0 Å². The molecule has 2 rings (SSSR count). The van der Waals surface area contributed by atoms with Crippen LogP contribution in [0.5, 0.6) is 5.75 Å². The van der Waals surface area contributed by atoms with Gasteiger partial charge in [-0.05, 0) is 25.5 Å². The van der Waals surface area contributed by atoms with E-state index in [1.54, 1.807) is 7.11 Å². The molecule has 20 heavy (non-hydrogen) atoms. The SMILES string of the molecule is CCc1nn(CC)c(CNc2cccc(OC)c2)c1Cl. The minimum Gasteiger partial charge on any atom is -0.497 e. The molecule has 0 atom stereocenters. The predicted molar refractivity (Wildman–Crippen MR) is 82.6 cm³/mol. The predicted octanol–water partition coefficient (Wildman–Crippen LogP) is 3.74. The van der Waals surface area contributed by atoms with E-state index in [0.717, 1.165) is 40.8 Å². The molecule has 4 nitrogen and oxygen atoms in total. The van der Waals surface area contributed by atoms with E-state index in [1.165, 1.54) is 0 Å². The third-order valence-corrected chi connectivity index (χ3v) is 3.66. The normalized spacial score (nSPS) is 10.6. The van der Waals surface area contributed by atoms with Crippen LogP contribution < -0.4 is 10.1 Å². The Labute approximate surface area is 124 Å². The number of aryl methyl sites for hydroxylation is 2. The Morgan fingerprint density at radius 3 is 2.80 bits per heavy atom. The zero-order valence-corrected chi connectivity index (χ0v) is 12.9. The first kappa shape index (κ1) is 14.7. The molecular weight excluding hydrogens is 274 g/mol. The van der Waals surface area contributed by atoms with Crippen molar-refractivity contribution in [3.63, 3.8) is 0 Å². The van der Waals surface area contributed by atoms with E-state index >= 15 is 0 Å². The van der Waals surface area contributed by atoms with Crippen molar-refractivity contribution in [3.05, 3.63) is 40.7 Å². The van der Waals surface area contributed by atoms with Crippen molar-refractivity contribution >= 4 is 17.3 Å². The number of hydrogen-bond donors (Lipinski definition) is 1. The summed E-state index contributed by atoms with van der Waals surface area (Å²) in [7, 11) is 1.66. The smallest absolute Gasteiger partial charge is 0.120 e. The fourth-order valence-corrected chi connectivity index (χ4v) is 2.44. The van der Waals surface area contributed by atoms with E-state index in [9.17, 15) is 0 Å². The molecule has 0 aliphatic carbocycles. The molecule has 1 heterocycles. The van der Waals surface area contributed by atoms with Crippen molar-refractivity contribution < 1.29 is 4.74 Å². The number of nitrogens with one attached hydrogen (secondary N) is 1. The molecule has 1 N–H and O–H groups in total. The first-order valence-corrected chi connectivity index (χ1v) is 7.19. The number of aromatic nitrogens is 2. The maximum absolute atomic E-state index is 6.39. The van der Waals surface area contributed by atoms with Crippen LogP contribution in [-0.4, -0.2) is 16.9 Å². The van der Waals surface area contributed by atoms with Crippen LogP contribution in [0.2, 0.25) is 5.02 Å². The maximum Gasteiger partial charge on any atom is 0.120 e. The molecule has 1 aromatic heterocycles. The van der Waals surface area contributed by atoms with Crippen LogP contribution in [0.1, 0.15) is 25.2 Å². The molecule has 0 saturated carbocycles. The van der Waals surface area contributed by atoms with Gasteiger partial charge in [-0.15, -0.1) is 0 Å². The Kier molecular flexibility index (Phi) is 4.90. The van der Waals surface area contributed by atoms with Crippen LogP contribution in [-0.2, 0) is 19.5 Å². The summed E-state index contributed by atoms with van der Waals surface area (Å²) >= 11 is 6.39. The van der Waals surface area contributed by atoms with Gasteiger partial charge in [-0.3, -0.25) is 4.68 Å². The first-order chi connectivity index (χ1) is 9.69. The molecule has 108 valence electrons. The van der Waals surface area contributed by atoms with E-state index in [0.29, 0.717) is 6.54 Å². The standard InChI is InChI=1S/C15H20ClN3O/c1-4-13-15(16)14(19(5-2)18-13)10-17-11-7-6-8-12(9-11)20-3/h6-9,17H,4-5,10H2,1-3H3. The van der Waals surface area contributed by atoms with E-state index in [2.05, 4.69) is 24.3 Å². The van der Waals surface area contributed by atoms with E-state index < -0.39 is 0 Å². The largest absolute Gasteiger partial charge is 0.497 e. The van der Waals surface area contributed by atoms with E-state index in [4.69, 9.17) is 16.3 Å². The number of benzene rings is 1. The topological polar surface area (TPSA) is 39.1 Å². The molecule has 0 radical (unpaired) electrons. The van der Waals surface area contributed by atoms with Crippen LogP contribution in [0, 0.1) is 0 Å². The zero-order chi connectivity index (χ0) is 14.5. The van der Waals surface area contributed by atoms with Crippen molar-refractivity contribution in [2.24, 2.45) is 0 Å². The summed E-state index contributed by atoms with van der Waals surface area (Å²) in [4.78, 5) is 0. The highest BCUT2D eigenvalue weighted by Gasteiger charge is 2.13. The zero-order valence-electron chi connectivity index (χ0n) is 12.1. The lowest BCUT2D eigenvalue weighted by atomic mass is 10.2. The van der Waals surface area contributed by atoms with Crippen molar-refractivity contribution in [2.75, 3.05) is 12.4 Å². The molecule has 0 spiro atoms. The van der Waals surface area contributed by atoms with Gasteiger partial charge in [-0.25, -0.2) is 0 Å². The van der Waals surface area contributed by atoms with Gasteiger partial charge in [0.25, 0.3) is 0 Å². The summed E-state index contributed by atoms with van der Waals surface area (Å²) in [5, 5.41) is 8.64. The van der Waals surface area contributed by atoms with Gasteiger partial charge >= 0.3 is 0 Å². The second kappa shape index (κ2) is 6.66. The third kappa shape index (κ3) is 3.07. The summed E-state index contributed by atoms with van der Waals surface area (Å²) in [6.45, 7) is 5.59. The molecule has 0 saturated heterocycles. The Morgan fingerprint density at radius 1 is 1.35 bits per heavy atom. The molecule has 0 unspecified atom stereocenters. The lowest BCUT2D eigenvalue weighted by Crippen LogP contribution is -2.08. The second-order valence-corrected chi connectivity index (χ2v) is 4.84. The minimum atomic E-state index is 0.646. The monoisotopic (exact) mass is 293 g/mol. The number of rotatable bonds is 6. The number of nitrogens with zero attached hydrogens (tertiary/aromatic N) is 2. The van der Waals surface area contributed by atoms with Gasteiger partial charge in [-0.2, -0.15) is 5.10 Å². The molecular formula is C15H20ClN3O. The number of ether oxygens (including phenoxy) is 1. The summed E-state index contributed by atoms with van der Waals surface area (Å²) in [5.74, 6) is 0.833. The lowest BCUT2D eigenvalue weighted by molar-refractivity contribution is 0.415. The number of hydrogen-bond acceptors (Lipinski definition) is 3. The molecule has 1 aromatic carbocycles. The minimum absolute atomic E-state index is 0.646.